The largest absolute Gasteiger partial charge is 0.387 e. The molecule has 8 heteroatoms. The summed E-state index contributed by atoms with van der Waals surface area (Å²) in [5, 5.41) is 11.3. The van der Waals surface area contributed by atoms with Crippen LogP contribution in [0.5, 0.6) is 0 Å². The van der Waals surface area contributed by atoms with Crippen LogP contribution < -0.4 is 0 Å². The van der Waals surface area contributed by atoms with Crippen LogP contribution in [0, 0.1) is 0 Å². The molecular formula is C22H38O7S. The lowest BCUT2D eigenvalue weighted by molar-refractivity contribution is -0.214. The van der Waals surface area contributed by atoms with Gasteiger partial charge in [0, 0.05) is 25.7 Å². The molecule has 0 amide bonds. The summed E-state index contributed by atoms with van der Waals surface area (Å²) < 4.78 is 42.9. The van der Waals surface area contributed by atoms with E-state index in [2.05, 4.69) is 0 Å². The van der Waals surface area contributed by atoms with E-state index < -0.39 is 51.8 Å². The number of aliphatic hydroxyl groups is 1. The van der Waals surface area contributed by atoms with Crippen molar-refractivity contribution in [3.63, 3.8) is 0 Å². The van der Waals surface area contributed by atoms with E-state index in [9.17, 15) is 9.32 Å². The number of ether oxygens (including phenoxy) is 4. The Morgan fingerprint density at radius 2 is 1.33 bits per heavy atom. The first-order chi connectivity index (χ1) is 14.2. The van der Waals surface area contributed by atoms with Gasteiger partial charge >= 0.3 is 0 Å². The fraction of sp³-hybridized carbons (Fsp3) is 1.00. The van der Waals surface area contributed by atoms with Crippen LogP contribution >= 0.6 is 0 Å². The Hall–Kier alpha value is -0.0900. The molecule has 2 aliphatic heterocycles. The van der Waals surface area contributed by atoms with Crippen LogP contribution in [0.15, 0.2) is 0 Å². The lowest BCUT2D eigenvalue weighted by Crippen LogP contribution is -2.50. The van der Waals surface area contributed by atoms with E-state index in [0.717, 1.165) is 51.4 Å². The maximum absolute atomic E-state index is 12.8. The predicted octanol–water partition coefficient (Wildman–Crippen LogP) is 3.35. The average Bonchev–Trinajstić information content (AvgIpc) is 3.31. The third-order valence-electron chi connectivity index (χ3n) is 6.77. The van der Waals surface area contributed by atoms with Crippen molar-refractivity contribution in [1.29, 1.82) is 0 Å². The molecule has 0 aromatic rings. The predicted molar refractivity (Wildman–Crippen MR) is 112 cm³/mol. The second-order valence-corrected chi connectivity index (χ2v) is 12.2. The standard InChI is InChI=1S/C22H38O7S/c1-20(2,3)30(24)29-19(17-15-26-22(28-17)12-8-5-9-13-22)18(23)16-14-25-21(27-16)10-6-4-7-11-21/h16-19,23H,4-15H2,1-3H3/t16-,17-,18-,19-,30-/m1/s1. The second-order valence-electron chi connectivity index (χ2n) is 10.3. The molecule has 2 saturated heterocycles. The quantitative estimate of drug-likeness (QED) is 0.693. The highest BCUT2D eigenvalue weighted by Crippen LogP contribution is 2.42. The second kappa shape index (κ2) is 9.04. The van der Waals surface area contributed by atoms with Gasteiger partial charge in [0.1, 0.15) is 24.4 Å². The van der Waals surface area contributed by atoms with Crippen LogP contribution in [-0.4, -0.2) is 63.3 Å². The Morgan fingerprint density at radius 3 is 1.83 bits per heavy atom. The van der Waals surface area contributed by atoms with Crippen molar-refractivity contribution in [1.82, 2.24) is 0 Å². The molecule has 1 N–H and O–H groups in total. The summed E-state index contributed by atoms with van der Waals surface area (Å²) in [7, 11) is 0. The molecule has 7 nitrogen and oxygen atoms in total. The summed E-state index contributed by atoms with van der Waals surface area (Å²) in [6.45, 7) is 6.19. The summed E-state index contributed by atoms with van der Waals surface area (Å²) >= 11 is -1.61. The highest BCUT2D eigenvalue weighted by molar-refractivity contribution is 7.81. The van der Waals surface area contributed by atoms with Gasteiger partial charge in [0.15, 0.2) is 22.7 Å². The molecule has 0 aromatic heterocycles. The Bertz CT molecular complexity index is 607. The molecule has 174 valence electrons. The average molecular weight is 447 g/mol. The minimum atomic E-state index is -1.61. The summed E-state index contributed by atoms with van der Waals surface area (Å²) in [5.74, 6) is -1.18. The van der Waals surface area contributed by atoms with E-state index >= 15 is 0 Å². The van der Waals surface area contributed by atoms with Crippen LogP contribution in [-0.2, 0) is 34.2 Å². The summed E-state index contributed by atoms with van der Waals surface area (Å²) in [5.41, 5.74) is 0. The first-order valence-electron chi connectivity index (χ1n) is 11.6. The van der Waals surface area contributed by atoms with Crippen LogP contribution in [0.3, 0.4) is 0 Å². The molecule has 0 aromatic carbocycles. The number of hydrogen-bond acceptors (Lipinski definition) is 7. The van der Waals surface area contributed by atoms with Crippen LogP contribution in [0.4, 0.5) is 0 Å². The lowest BCUT2D eigenvalue weighted by atomic mass is 9.94. The van der Waals surface area contributed by atoms with Crippen molar-refractivity contribution in [3.05, 3.63) is 0 Å². The number of hydrogen-bond donors (Lipinski definition) is 1. The van der Waals surface area contributed by atoms with Crippen molar-refractivity contribution in [2.45, 2.75) is 126 Å². The van der Waals surface area contributed by atoms with Crippen LogP contribution in [0.25, 0.3) is 0 Å². The Kier molecular flexibility index (Phi) is 6.96. The SMILES string of the molecule is CC(C)(C)[S@](=O)O[C@@H]([C@H](O)[C@H]1COC2(CCCCC2)O1)[C@H]1COC2(CCCCC2)O1. The van der Waals surface area contributed by atoms with Gasteiger partial charge in [-0.1, -0.05) is 12.8 Å². The zero-order valence-corrected chi connectivity index (χ0v) is 19.4. The molecule has 0 bridgehead atoms. The normalized spacial score (nSPS) is 34.3. The van der Waals surface area contributed by atoms with Gasteiger partial charge < -0.3 is 24.1 Å². The van der Waals surface area contributed by atoms with Gasteiger partial charge in [-0.25, -0.2) is 4.21 Å². The summed E-state index contributed by atoms with van der Waals surface area (Å²) in [4.78, 5) is 0. The highest BCUT2D eigenvalue weighted by atomic mass is 32.2. The van der Waals surface area contributed by atoms with E-state index in [1.165, 1.54) is 12.8 Å². The van der Waals surface area contributed by atoms with Crippen molar-refractivity contribution >= 4 is 11.1 Å². The van der Waals surface area contributed by atoms with E-state index in [1.54, 1.807) is 0 Å². The molecule has 4 rings (SSSR count). The Labute approximate surface area is 182 Å². The number of rotatable bonds is 5. The van der Waals surface area contributed by atoms with E-state index in [0.29, 0.717) is 13.2 Å². The maximum atomic E-state index is 12.8. The molecule has 0 radical (unpaired) electrons. The summed E-state index contributed by atoms with van der Waals surface area (Å²) in [6, 6.07) is 0. The zero-order valence-electron chi connectivity index (χ0n) is 18.6. The van der Waals surface area contributed by atoms with Crippen LogP contribution in [0.1, 0.15) is 85.0 Å². The molecule has 4 aliphatic rings. The minimum Gasteiger partial charge on any atom is -0.387 e. The van der Waals surface area contributed by atoms with E-state index in [-0.39, 0.29) is 0 Å². The lowest BCUT2D eigenvalue weighted by Gasteiger charge is -2.36. The van der Waals surface area contributed by atoms with Gasteiger partial charge in [-0.15, -0.1) is 0 Å². The third-order valence-corrected chi connectivity index (χ3v) is 8.16. The van der Waals surface area contributed by atoms with Gasteiger partial charge in [0.05, 0.1) is 18.0 Å². The Balaban J connectivity index is 1.48. The summed E-state index contributed by atoms with van der Waals surface area (Å²) in [6.07, 6.45) is 7.20. The number of aliphatic hydroxyl groups excluding tert-OH is 1. The van der Waals surface area contributed by atoms with E-state index in [1.807, 2.05) is 20.8 Å². The Morgan fingerprint density at radius 1 is 0.867 bits per heavy atom. The molecule has 2 heterocycles. The molecule has 5 atom stereocenters. The zero-order chi connectivity index (χ0) is 21.4. The molecule has 4 fully saturated rings. The molecule has 0 unspecified atom stereocenters. The van der Waals surface area contributed by atoms with Crippen molar-refractivity contribution in [2.24, 2.45) is 0 Å². The van der Waals surface area contributed by atoms with Gasteiger partial charge in [-0.2, -0.15) is 0 Å². The molecule has 30 heavy (non-hydrogen) atoms. The highest BCUT2D eigenvalue weighted by Gasteiger charge is 2.52. The fourth-order valence-electron chi connectivity index (χ4n) is 4.99. The van der Waals surface area contributed by atoms with E-state index in [4.69, 9.17) is 23.1 Å². The fourth-order valence-corrected chi connectivity index (χ4v) is 5.72. The van der Waals surface area contributed by atoms with Crippen LogP contribution in [0.2, 0.25) is 0 Å². The van der Waals surface area contributed by atoms with Gasteiger partial charge in [0.2, 0.25) is 0 Å². The molecular weight excluding hydrogens is 408 g/mol. The first-order valence-corrected chi connectivity index (χ1v) is 12.7. The maximum Gasteiger partial charge on any atom is 0.169 e. The monoisotopic (exact) mass is 446 g/mol. The minimum absolute atomic E-state index is 0.307. The molecule has 2 saturated carbocycles. The van der Waals surface area contributed by atoms with Crippen molar-refractivity contribution in [2.75, 3.05) is 13.2 Å². The van der Waals surface area contributed by atoms with Crippen molar-refractivity contribution < 1.29 is 32.4 Å². The van der Waals surface area contributed by atoms with Crippen molar-refractivity contribution in [3.8, 4) is 0 Å². The molecule has 2 spiro atoms. The van der Waals surface area contributed by atoms with Gasteiger partial charge in [-0.05, 0) is 46.5 Å². The third kappa shape index (κ3) is 4.95. The topological polar surface area (TPSA) is 83.5 Å². The smallest absolute Gasteiger partial charge is 0.169 e. The van der Waals surface area contributed by atoms with Gasteiger partial charge in [0.25, 0.3) is 0 Å². The van der Waals surface area contributed by atoms with Gasteiger partial charge in [-0.3, -0.25) is 4.18 Å². The molecule has 2 aliphatic carbocycles. The first kappa shape index (κ1) is 23.1.